The number of anilines is 3. The first-order valence-electron chi connectivity index (χ1n) is 9.08. The predicted molar refractivity (Wildman–Crippen MR) is 100 cm³/mol. The van der Waals surface area contributed by atoms with Gasteiger partial charge < -0.3 is 19.6 Å². The molecule has 0 amide bonds. The summed E-state index contributed by atoms with van der Waals surface area (Å²) in [5.41, 5.74) is 0.664. The van der Waals surface area contributed by atoms with E-state index in [2.05, 4.69) is 36.8 Å². The molecule has 2 aromatic rings. The van der Waals surface area contributed by atoms with Crippen LogP contribution in [0.4, 0.5) is 21.8 Å². The summed E-state index contributed by atoms with van der Waals surface area (Å²) < 4.78 is 14.0. The average molecular weight is 357 g/mol. The van der Waals surface area contributed by atoms with Crippen LogP contribution in [0.3, 0.4) is 0 Å². The maximum absolute atomic E-state index is 14.0. The molecule has 4 rings (SSSR count). The molecule has 2 fully saturated rings. The lowest BCUT2D eigenvalue weighted by atomic mass is 10.2. The number of halogens is 1. The van der Waals surface area contributed by atoms with E-state index >= 15 is 0 Å². The highest BCUT2D eigenvalue weighted by atomic mass is 19.1. The van der Waals surface area contributed by atoms with Gasteiger partial charge in [-0.2, -0.15) is 10.1 Å². The minimum atomic E-state index is -0.170. The fourth-order valence-electron chi connectivity index (χ4n) is 3.46. The van der Waals surface area contributed by atoms with E-state index in [9.17, 15) is 4.39 Å². The molecule has 138 valence electrons. The molecule has 0 saturated carbocycles. The molecule has 3 heterocycles. The van der Waals surface area contributed by atoms with Crippen molar-refractivity contribution in [1.82, 2.24) is 20.1 Å². The van der Waals surface area contributed by atoms with E-state index in [1.165, 1.54) is 6.07 Å². The Morgan fingerprint density at radius 2 is 1.50 bits per heavy atom. The molecule has 8 heteroatoms. The Balaban J connectivity index is 1.42. The van der Waals surface area contributed by atoms with Crippen LogP contribution >= 0.6 is 0 Å². The number of hydrogen-bond donors (Lipinski definition) is 0. The summed E-state index contributed by atoms with van der Waals surface area (Å²) in [5, 5.41) is 8.39. The maximum Gasteiger partial charge on any atom is 0.247 e. The Bertz CT molecular complexity index is 740. The molecule has 2 saturated heterocycles. The molecular weight excluding hydrogens is 333 g/mol. The van der Waals surface area contributed by atoms with Gasteiger partial charge in [0.05, 0.1) is 11.9 Å². The summed E-state index contributed by atoms with van der Waals surface area (Å²) in [5.74, 6) is 1.38. The van der Waals surface area contributed by atoms with Crippen LogP contribution in [0, 0.1) is 5.82 Å². The van der Waals surface area contributed by atoms with Gasteiger partial charge in [-0.1, -0.05) is 12.1 Å². The molecule has 2 aliphatic heterocycles. The van der Waals surface area contributed by atoms with Crippen LogP contribution in [-0.4, -0.2) is 79.5 Å². The Morgan fingerprint density at radius 3 is 2.23 bits per heavy atom. The zero-order valence-corrected chi connectivity index (χ0v) is 15.1. The van der Waals surface area contributed by atoms with E-state index in [0.29, 0.717) is 11.6 Å². The molecule has 2 aliphatic rings. The molecule has 1 aromatic heterocycles. The topological polar surface area (TPSA) is 51.6 Å². The Hall–Kier alpha value is -2.48. The first-order valence-corrected chi connectivity index (χ1v) is 9.08. The van der Waals surface area contributed by atoms with Crippen molar-refractivity contribution in [2.75, 3.05) is 74.1 Å². The SMILES string of the molecule is CN1CCN(c2cnnc(N3CCN(c4ccccc4F)CC3)n2)CC1. The van der Waals surface area contributed by atoms with Gasteiger partial charge in [0, 0.05) is 52.4 Å². The zero-order chi connectivity index (χ0) is 17.9. The lowest BCUT2D eigenvalue weighted by molar-refractivity contribution is 0.312. The summed E-state index contributed by atoms with van der Waals surface area (Å²) in [4.78, 5) is 13.5. The third-order valence-electron chi connectivity index (χ3n) is 5.12. The van der Waals surface area contributed by atoms with Crippen LogP contribution in [0.1, 0.15) is 0 Å². The molecular formula is C18H24FN7. The fourth-order valence-corrected chi connectivity index (χ4v) is 3.46. The molecule has 0 radical (unpaired) electrons. The zero-order valence-electron chi connectivity index (χ0n) is 15.1. The van der Waals surface area contributed by atoms with Gasteiger partial charge in [0.2, 0.25) is 5.95 Å². The quantitative estimate of drug-likeness (QED) is 0.815. The van der Waals surface area contributed by atoms with Crippen molar-refractivity contribution < 1.29 is 4.39 Å². The van der Waals surface area contributed by atoms with Crippen molar-refractivity contribution in [2.24, 2.45) is 0 Å². The smallest absolute Gasteiger partial charge is 0.247 e. The van der Waals surface area contributed by atoms with Crippen molar-refractivity contribution in [3.8, 4) is 0 Å². The maximum atomic E-state index is 14.0. The van der Waals surface area contributed by atoms with Crippen molar-refractivity contribution in [2.45, 2.75) is 0 Å². The van der Waals surface area contributed by atoms with Gasteiger partial charge in [0.15, 0.2) is 5.82 Å². The highest BCUT2D eigenvalue weighted by Gasteiger charge is 2.23. The largest absolute Gasteiger partial charge is 0.366 e. The third-order valence-corrected chi connectivity index (χ3v) is 5.12. The standard InChI is InChI=1S/C18H24FN7/c1-23-6-8-25(9-7-23)17-14-20-22-18(21-17)26-12-10-24(11-13-26)16-5-3-2-4-15(16)19/h2-5,14H,6-13H2,1H3. The van der Waals surface area contributed by atoms with Crippen LogP contribution < -0.4 is 14.7 Å². The second kappa shape index (κ2) is 7.41. The highest BCUT2D eigenvalue weighted by molar-refractivity contribution is 5.50. The summed E-state index contributed by atoms with van der Waals surface area (Å²) in [6.07, 6.45) is 1.74. The number of nitrogens with zero attached hydrogens (tertiary/aromatic N) is 7. The summed E-state index contributed by atoms with van der Waals surface area (Å²) >= 11 is 0. The monoisotopic (exact) mass is 357 g/mol. The second-order valence-corrected chi connectivity index (χ2v) is 6.83. The predicted octanol–water partition coefficient (Wildman–Crippen LogP) is 1.09. The Labute approximate surface area is 153 Å². The molecule has 0 spiro atoms. The van der Waals surface area contributed by atoms with Gasteiger partial charge in [-0.25, -0.2) is 4.39 Å². The first-order chi connectivity index (χ1) is 12.7. The Kier molecular flexibility index (Phi) is 4.83. The van der Waals surface area contributed by atoms with Crippen LogP contribution in [0.25, 0.3) is 0 Å². The van der Waals surface area contributed by atoms with E-state index in [0.717, 1.165) is 58.2 Å². The third kappa shape index (κ3) is 3.55. The molecule has 0 atom stereocenters. The molecule has 0 N–H and O–H groups in total. The van der Waals surface area contributed by atoms with Gasteiger partial charge in [0.25, 0.3) is 0 Å². The van der Waals surface area contributed by atoms with E-state index in [4.69, 9.17) is 4.98 Å². The number of para-hydroxylation sites is 1. The molecule has 0 bridgehead atoms. The fraction of sp³-hybridized carbons (Fsp3) is 0.500. The number of piperazine rings is 2. The second-order valence-electron chi connectivity index (χ2n) is 6.83. The number of aromatic nitrogens is 3. The van der Waals surface area contributed by atoms with Gasteiger partial charge in [-0.15, -0.1) is 5.10 Å². The van der Waals surface area contributed by atoms with Crippen LogP contribution in [0.15, 0.2) is 30.5 Å². The van der Waals surface area contributed by atoms with Crippen LogP contribution in [-0.2, 0) is 0 Å². The molecule has 1 aromatic carbocycles. The normalized spacial score (nSPS) is 19.1. The number of likely N-dealkylation sites (N-methyl/N-ethyl adjacent to an activating group) is 1. The number of rotatable bonds is 3. The van der Waals surface area contributed by atoms with Gasteiger partial charge in [0.1, 0.15) is 5.82 Å². The van der Waals surface area contributed by atoms with E-state index in [-0.39, 0.29) is 5.82 Å². The van der Waals surface area contributed by atoms with E-state index in [1.54, 1.807) is 12.3 Å². The minimum Gasteiger partial charge on any atom is -0.366 e. The lowest BCUT2D eigenvalue weighted by Gasteiger charge is -2.36. The van der Waals surface area contributed by atoms with Crippen molar-refractivity contribution in [1.29, 1.82) is 0 Å². The van der Waals surface area contributed by atoms with Crippen LogP contribution in [0.2, 0.25) is 0 Å². The number of benzene rings is 1. The summed E-state index contributed by atoms with van der Waals surface area (Å²) in [6, 6.07) is 6.93. The minimum absolute atomic E-state index is 0.170. The highest BCUT2D eigenvalue weighted by Crippen LogP contribution is 2.22. The number of hydrogen-bond acceptors (Lipinski definition) is 7. The molecule has 0 unspecified atom stereocenters. The molecule has 26 heavy (non-hydrogen) atoms. The van der Waals surface area contributed by atoms with Crippen LogP contribution in [0.5, 0.6) is 0 Å². The van der Waals surface area contributed by atoms with E-state index < -0.39 is 0 Å². The summed E-state index contributed by atoms with van der Waals surface area (Å²) in [6.45, 7) is 6.95. The van der Waals surface area contributed by atoms with Gasteiger partial charge in [-0.3, -0.25) is 0 Å². The van der Waals surface area contributed by atoms with E-state index in [1.807, 2.05) is 12.1 Å². The van der Waals surface area contributed by atoms with Crippen molar-refractivity contribution in [3.05, 3.63) is 36.3 Å². The van der Waals surface area contributed by atoms with Crippen molar-refractivity contribution >= 4 is 17.5 Å². The average Bonchev–Trinajstić information content (AvgIpc) is 2.69. The van der Waals surface area contributed by atoms with Gasteiger partial charge >= 0.3 is 0 Å². The summed E-state index contributed by atoms with van der Waals surface area (Å²) in [7, 11) is 2.13. The molecule has 7 nitrogen and oxygen atoms in total. The van der Waals surface area contributed by atoms with Gasteiger partial charge in [-0.05, 0) is 19.2 Å². The molecule has 0 aliphatic carbocycles. The Morgan fingerprint density at radius 1 is 0.846 bits per heavy atom. The first kappa shape index (κ1) is 17.0. The van der Waals surface area contributed by atoms with Crippen molar-refractivity contribution in [3.63, 3.8) is 0 Å². The lowest BCUT2D eigenvalue weighted by Crippen LogP contribution is -2.48.